The summed E-state index contributed by atoms with van der Waals surface area (Å²) in [5, 5.41) is 2.93. The fourth-order valence-corrected chi connectivity index (χ4v) is 5.88. The Labute approximate surface area is 233 Å². The molecule has 0 bridgehead atoms. The zero-order chi connectivity index (χ0) is 27.3. The summed E-state index contributed by atoms with van der Waals surface area (Å²) in [5.74, 6) is 0.708. The van der Waals surface area contributed by atoms with Gasteiger partial charge in [-0.05, 0) is 84.9 Å². The molecule has 208 valence electrons. The van der Waals surface area contributed by atoms with Crippen LogP contribution < -0.4 is 5.32 Å². The summed E-state index contributed by atoms with van der Waals surface area (Å²) in [6.07, 6.45) is 12.7. The van der Waals surface area contributed by atoms with Crippen LogP contribution in [0.15, 0.2) is 42.5 Å². The third-order valence-electron chi connectivity index (χ3n) is 7.65. The minimum Gasteiger partial charge on any atom is -0.467 e. The van der Waals surface area contributed by atoms with Gasteiger partial charge in [0.2, 0.25) is 0 Å². The molecule has 0 aromatic heterocycles. The summed E-state index contributed by atoms with van der Waals surface area (Å²) in [5.41, 5.74) is 4.57. The van der Waals surface area contributed by atoms with Crippen molar-refractivity contribution in [3.63, 3.8) is 0 Å². The number of unbranched alkanes of at least 4 members (excludes halogenated alkanes) is 1. The molecule has 3 rings (SSSR count). The number of benzene rings is 2. The van der Waals surface area contributed by atoms with Gasteiger partial charge < -0.3 is 14.8 Å². The van der Waals surface area contributed by atoms with Gasteiger partial charge in [-0.15, -0.1) is 0 Å². The Morgan fingerprint density at radius 2 is 1.82 bits per heavy atom. The van der Waals surface area contributed by atoms with Crippen molar-refractivity contribution in [1.82, 2.24) is 5.32 Å². The summed E-state index contributed by atoms with van der Waals surface area (Å²) < 4.78 is 11.5. The Bertz CT molecular complexity index is 1030. The van der Waals surface area contributed by atoms with Crippen LogP contribution in [0.5, 0.6) is 0 Å². The van der Waals surface area contributed by atoms with Crippen LogP contribution in [-0.4, -0.2) is 43.1 Å². The highest BCUT2D eigenvalue weighted by atomic mass is 32.2. The molecule has 1 fully saturated rings. The Kier molecular flexibility index (Phi) is 12.7. The number of aryl methyl sites for hydroxylation is 1. The third-order valence-corrected chi connectivity index (χ3v) is 8.29. The van der Waals surface area contributed by atoms with Gasteiger partial charge in [-0.3, -0.25) is 4.79 Å². The number of rotatable bonds is 14. The van der Waals surface area contributed by atoms with Crippen molar-refractivity contribution in [1.29, 1.82) is 0 Å². The molecule has 1 saturated carbocycles. The van der Waals surface area contributed by atoms with E-state index in [4.69, 9.17) is 9.47 Å². The van der Waals surface area contributed by atoms with Gasteiger partial charge >= 0.3 is 5.97 Å². The molecule has 2 atom stereocenters. The second-order valence-electron chi connectivity index (χ2n) is 10.4. The van der Waals surface area contributed by atoms with Gasteiger partial charge in [-0.1, -0.05) is 69.4 Å². The highest BCUT2D eigenvalue weighted by Crippen LogP contribution is 2.32. The molecule has 1 amide bonds. The molecule has 0 radical (unpaired) electrons. The van der Waals surface area contributed by atoms with E-state index in [9.17, 15) is 9.59 Å². The lowest BCUT2D eigenvalue weighted by Gasteiger charge is -2.30. The van der Waals surface area contributed by atoms with E-state index < -0.39 is 12.0 Å². The molecular formula is C32H45NO4S. The zero-order valence-electron chi connectivity index (χ0n) is 23.6. The van der Waals surface area contributed by atoms with Crippen LogP contribution in [0, 0.1) is 12.8 Å². The zero-order valence-corrected chi connectivity index (χ0v) is 24.4. The highest BCUT2D eigenvalue weighted by Gasteiger charge is 2.26. The molecule has 1 aliphatic carbocycles. The van der Waals surface area contributed by atoms with Gasteiger partial charge in [-0.25, -0.2) is 4.79 Å². The number of methoxy groups -OCH3 is 1. The van der Waals surface area contributed by atoms with Crippen molar-refractivity contribution in [3.05, 3.63) is 59.2 Å². The predicted octanol–water partition coefficient (Wildman–Crippen LogP) is 7.34. The number of ether oxygens (including phenoxy) is 2. The smallest absolute Gasteiger partial charge is 0.328 e. The molecule has 1 unspecified atom stereocenters. The number of nitrogens with one attached hydrogen (secondary N) is 1. The summed E-state index contributed by atoms with van der Waals surface area (Å²) in [7, 11) is 1.36. The first-order valence-corrected chi connectivity index (χ1v) is 15.6. The van der Waals surface area contributed by atoms with E-state index in [0.29, 0.717) is 24.5 Å². The largest absolute Gasteiger partial charge is 0.467 e. The van der Waals surface area contributed by atoms with Gasteiger partial charge in [0, 0.05) is 5.56 Å². The van der Waals surface area contributed by atoms with Crippen molar-refractivity contribution in [2.24, 2.45) is 5.92 Å². The lowest BCUT2D eigenvalue weighted by molar-refractivity contribution is -0.142. The van der Waals surface area contributed by atoms with Crippen LogP contribution >= 0.6 is 11.8 Å². The summed E-state index contributed by atoms with van der Waals surface area (Å²) in [6.45, 7) is 4.83. The van der Waals surface area contributed by atoms with E-state index in [0.717, 1.165) is 34.4 Å². The SMILES string of the molecule is CCCCC(OCc1ccc(C(=O)N[C@@H](CCSC)C(=O)OC)c(-c2ccccc2C)c1)C1CCCCC1. The number of amides is 1. The predicted molar refractivity (Wildman–Crippen MR) is 158 cm³/mol. The number of hydrogen-bond donors (Lipinski definition) is 1. The average molecular weight is 540 g/mol. The Balaban J connectivity index is 1.86. The maximum absolute atomic E-state index is 13.5. The Morgan fingerprint density at radius 3 is 2.50 bits per heavy atom. The Hall–Kier alpha value is -2.31. The van der Waals surface area contributed by atoms with Crippen LogP contribution in [0.4, 0.5) is 0 Å². The molecule has 2 aromatic rings. The standard InChI is InChI=1S/C32H45NO4S/c1-5-6-16-30(25-13-8-7-9-14-25)37-22-24-17-18-27(28(21-24)26-15-11-10-12-23(26)2)31(34)33-29(19-20-38-4)32(35)36-3/h10-12,15,17-18,21,25,29-30H,5-9,13-14,16,19-20,22H2,1-4H3,(H,33,34)/t29-,30?/m0/s1. The third kappa shape index (κ3) is 8.60. The van der Waals surface area contributed by atoms with E-state index in [-0.39, 0.29) is 12.0 Å². The molecule has 5 nitrogen and oxygen atoms in total. The molecule has 0 saturated heterocycles. The molecule has 6 heteroatoms. The van der Waals surface area contributed by atoms with Crippen molar-refractivity contribution < 1.29 is 19.1 Å². The van der Waals surface area contributed by atoms with Gasteiger partial charge in [0.25, 0.3) is 5.91 Å². The fraction of sp³-hybridized carbons (Fsp3) is 0.562. The second kappa shape index (κ2) is 15.9. The highest BCUT2D eigenvalue weighted by molar-refractivity contribution is 7.98. The first-order chi connectivity index (χ1) is 18.5. The maximum Gasteiger partial charge on any atom is 0.328 e. The van der Waals surface area contributed by atoms with Crippen LogP contribution in [0.1, 0.15) is 86.2 Å². The average Bonchev–Trinajstić information content (AvgIpc) is 2.95. The number of carbonyl (C=O) groups excluding carboxylic acids is 2. The Morgan fingerprint density at radius 1 is 1.05 bits per heavy atom. The van der Waals surface area contributed by atoms with E-state index in [1.54, 1.807) is 11.8 Å². The maximum atomic E-state index is 13.5. The van der Waals surface area contributed by atoms with E-state index in [1.165, 1.54) is 52.1 Å². The summed E-state index contributed by atoms with van der Waals surface area (Å²) in [6, 6.07) is 13.4. The minimum atomic E-state index is -0.678. The number of esters is 1. The molecular weight excluding hydrogens is 494 g/mol. The van der Waals surface area contributed by atoms with E-state index in [2.05, 4.69) is 31.3 Å². The molecule has 1 N–H and O–H groups in total. The number of thioether (sulfide) groups is 1. The normalized spacial score (nSPS) is 15.6. The lowest BCUT2D eigenvalue weighted by atomic mass is 9.83. The summed E-state index contributed by atoms with van der Waals surface area (Å²) >= 11 is 1.63. The van der Waals surface area contributed by atoms with Crippen LogP contribution in [0.25, 0.3) is 11.1 Å². The van der Waals surface area contributed by atoms with Gasteiger partial charge in [-0.2, -0.15) is 11.8 Å². The van der Waals surface area contributed by atoms with Gasteiger partial charge in [0.15, 0.2) is 0 Å². The minimum absolute atomic E-state index is 0.268. The lowest BCUT2D eigenvalue weighted by Crippen LogP contribution is -2.42. The second-order valence-corrected chi connectivity index (χ2v) is 11.4. The molecule has 38 heavy (non-hydrogen) atoms. The monoisotopic (exact) mass is 539 g/mol. The van der Waals surface area contributed by atoms with Crippen molar-refractivity contribution in [3.8, 4) is 11.1 Å². The van der Waals surface area contributed by atoms with E-state index in [1.807, 2.05) is 36.6 Å². The van der Waals surface area contributed by atoms with Crippen molar-refractivity contribution in [2.75, 3.05) is 19.1 Å². The fourth-order valence-electron chi connectivity index (χ4n) is 5.41. The molecule has 1 aliphatic rings. The van der Waals surface area contributed by atoms with Crippen LogP contribution in [0.2, 0.25) is 0 Å². The first kappa shape index (κ1) is 30.2. The molecule has 2 aromatic carbocycles. The van der Waals surface area contributed by atoms with Gasteiger partial charge in [0.1, 0.15) is 6.04 Å². The molecule has 0 heterocycles. The molecule has 0 spiro atoms. The van der Waals surface area contributed by atoms with Crippen molar-refractivity contribution >= 4 is 23.6 Å². The number of hydrogen-bond acceptors (Lipinski definition) is 5. The topological polar surface area (TPSA) is 64.6 Å². The van der Waals surface area contributed by atoms with Crippen LogP contribution in [-0.2, 0) is 20.9 Å². The number of carbonyl (C=O) groups is 2. The molecule has 0 aliphatic heterocycles. The summed E-state index contributed by atoms with van der Waals surface area (Å²) in [4.78, 5) is 25.8. The first-order valence-electron chi connectivity index (χ1n) is 14.2. The van der Waals surface area contributed by atoms with Crippen LogP contribution in [0.3, 0.4) is 0 Å². The quantitative estimate of drug-likeness (QED) is 0.254. The van der Waals surface area contributed by atoms with Gasteiger partial charge in [0.05, 0.1) is 19.8 Å². The van der Waals surface area contributed by atoms with Crippen molar-refractivity contribution in [2.45, 2.75) is 90.4 Å². The van der Waals surface area contributed by atoms with E-state index >= 15 is 0 Å².